The molecule has 1 aromatic rings. The normalized spacial score (nSPS) is 13.5. The van der Waals surface area contributed by atoms with Gasteiger partial charge in [-0.05, 0) is 54.2 Å². The summed E-state index contributed by atoms with van der Waals surface area (Å²) in [5.74, 6) is 1.52. The lowest BCUT2D eigenvalue weighted by molar-refractivity contribution is 0.460. The van der Waals surface area contributed by atoms with Gasteiger partial charge in [0.1, 0.15) is 10.7 Å². The molecule has 1 heterocycles. The molecule has 0 aliphatic heterocycles. The molecule has 1 unspecified atom stereocenters. The molecule has 0 saturated carbocycles. The maximum atomic E-state index is 12.3. The Morgan fingerprint density at radius 3 is 2.81 bits per heavy atom. The van der Waals surface area contributed by atoms with Crippen LogP contribution in [-0.2, 0) is 16.6 Å². The Balaban J connectivity index is 2.74. The van der Waals surface area contributed by atoms with Crippen molar-refractivity contribution in [3.05, 3.63) is 16.5 Å². The molecule has 122 valence electrons. The quantitative estimate of drug-likeness (QED) is 0.592. The van der Waals surface area contributed by atoms with Crippen LogP contribution in [0.25, 0.3) is 0 Å². The second kappa shape index (κ2) is 9.19. The molecule has 0 bridgehead atoms. The first-order valence-electron chi connectivity index (χ1n) is 6.91. The number of rotatable bonds is 10. The highest BCUT2D eigenvalue weighted by atomic mass is 79.9. The van der Waals surface area contributed by atoms with Crippen LogP contribution >= 0.6 is 27.7 Å². The highest BCUT2D eigenvalue weighted by molar-refractivity contribution is 9.10. The molecule has 0 fully saturated rings. The number of sulfonamides is 1. The molecule has 1 rings (SSSR count). The summed E-state index contributed by atoms with van der Waals surface area (Å²) in [6.45, 7) is 5.32. The summed E-state index contributed by atoms with van der Waals surface area (Å²) in [4.78, 5) is 0.159. The summed E-state index contributed by atoms with van der Waals surface area (Å²) in [7, 11) is -3.56. The van der Waals surface area contributed by atoms with Crippen molar-refractivity contribution < 1.29 is 12.8 Å². The van der Waals surface area contributed by atoms with Crippen molar-refractivity contribution in [3.63, 3.8) is 0 Å². The van der Waals surface area contributed by atoms with E-state index in [1.54, 1.807) is 17.8 Å². The van der Waals surface area contributed by atoms with Crippen molar-refractivity contribution in [1.29, 1.82) is 0 Å². The van der Waals surface area contributed by atoms with Crippen molar-refractivity contribution in [2.75, 3.05) is 18.6 Å². The van der Waals surface area contributed by atoms with E-state index in [1.807, 2.05) is 13.2 Å². The lowest BCUT2D eigenvalue weighted by Crippen LogP contribution is -2.33. The fraction of sp³-hybridized carbons (Fsp3) is 0.692. The van der Waals surface area contributed by atoms with Crippen LogP contribution in [0.2, 0.25) is 0 Å². The van der Waals surface area contributed by atoms with Crippen molar-refractivity contribution in [2.24, 2.45) is 0 Å². The zero-order chi connectivity index (χ0) is 15.9. The molecule has 0 aromatic carbocycles. The van der Waals surface area contributed by atoms with Crippen LogP contribution in [0, 0.1) is 0 Å². The number of hydrogen-bond donors (Lipinski definition) is 2. The Hall–Kier alpha value is -0.0200. The lowest BCUT2D eigenvalue weighted by Gasteiger charge is -2.12. The van der Waals surface area contributed by atoms with Crippen LogP contribution in [-0.4, -0.2) is 33.0 Å². The number of thioether (sulfide) groups is 1. The zero-order valence-corrected chi connectivity index (χ0v) is 15.8. The van der Waals surface area contributed by atoms with Crippen LogP contribution in [0.15, 0.2) is 20.0 Å². The van der Waals surface area contributed by atoms with E-state index in [-0.39, 0.29) is 15.6 Å². The van der Waals surface area contributed by atoms with Gasteiger partial charge in [0, 0.05) is 12.1 Å². The molecule has 0 spiro atoms. The minimum absolute atomic E-state index is 0.106. The standard InChI is InChI=1S/C13H23BrN2O3S2/c1-4-6-15-9-11-8-12(13(14)19-11)21(17,18)16-10(2)5-7-20-3/h8,10,15-16H,4-7,9H2,1-3H3. The van der Waals surface area contributed by atoms with Gasteiger partial charge in [-0.25, -0.2) is 13.1 Å². The van der Waals surface area contributed by atoms with E-state index in [4.69, 9.17) is 4.42 Å². The molecule has 1 aromatic heterocycles. The average molecular weight is 399 g/mol. The second-order valence-corrected chi connectivity index (χ2v) is 8.22. The Kier molecular flexibility index (Phi) is 8.33. The summed E-state index contributed by atoms with van der Waals surface area (Å²) in [5, 5.41) is 3.18. The van der Waals surface area contributed by atoms with Gasteiger partial charge in [-0.15, -0.1) is 0 Å². The van der Waals surface area contributed by atoms with Crippen LogP contribution in [0.4, 0.5) is 0 Å². The zero-order valence-electron chi connectivity index (χ0n) is 12.6. The Labute approximate surface area is 139 Å². The lowest BCUT2D eigenvalue weighted by atomic mass is 10.3. The third-order valence-electron chi connectivity index (χ3n) is 2.83. The van der Waals surface area contributed by atoms with Crippen LogP contribution in [0.3, 0.4) is 0 Å². The van der Waals surface area contributed by atoms with Gasteiger partial charge in [-0.2, -0.15) is 11.8 Å². The van der Waals surface area contributed by atoms with E-state index in [0.717, 1.165) is 25.1 Å². The van der Waals surface area contributed by atoms with Gasteiger partial charge in [0.2, 0.25) is 10.0 Å². The maximum Gasteiger partial charge on any atom is 0.245 e. The largest absolute Gasteiger partial charge is 0.452 e. The summed E-state index contributed by atoms with van der Waals surface area (Å²) in [5.41, 5.74) is 0. The molecule has 0 amide bonds. The molecule has 0 radical (unpaired) electrons. The number of halogens is 1. The van der Waals surface area contributed by atoms with Crippen LogP contribution < -0.4 is 10.0 Å². The van der Waals surface area contributed by atoms with Crippen molar-refractivity contribution in [3.8, 4) is 0 Å². The summed E-state index contributed by atoms with van der Waals surface area (Å²) < 4.78 is 33.1. The first-order valence-corrected chi connectivity index (χ1v) is 10.6. The van der Waals surface area contributed by atoms with Gasteiger partial charge < -0.3 is 9.73 Å². The molecule has 21 heavy (non-hydrogen) atoms. The van der Waals surface area contributed by atoms with Crippen LogP contribution in [0.5, 0.6) is 0 Å². The molecule has 2 N–H and O–H groups in total. The fourth-order valence-corrected chi connectivity index (χ4v) is 4.60. The molecule has 8 heteroatoms. The molecule has 0 aliphatic rings. The van der Waals surface area contributed by atoms with Crippen molar-refractivity contribution in [1.82, 2.24) is 10.0 Å². The molecule has 1 atom stereocenters. The number of nitrogens with one attached hydrogen (secondary N) is 2. The van der Waals surface area contributed by atoms with Crippen molar-refractivity contribution in [2.45, 2.75) is 44.2 Å². The van der Waals surface area contributed by atoms with Gasteiger partial charge >= 0.3 is 0 Å². The summed E-state index contributed by atoms with van der Waals surface area (Å²) >= 11 is 4.89. The minimum Gasteiger partial charge on any atom is -0.452 e. The first kappa shape index (κ1) is 19.0. The molecule has 5 nitrogen and oxygen atoms in total. The molecular formula is C13H23BrN2O3S2. The van der Waals surface area contributed by atoms with E-state index in [2.05, 4.69) is 32.9 Å². The van der Waals surface area contributed by atoms with Gasteiger partial charge in [-0.3, -0.25) is 0 Å². The number of furan rings is 1. The van der Waals surface area contributed by atoms with Gasteiger partial charge in [0.05, 0.1) is 6.54 Å². The van der Waals surface area contributed by atoms with Gasteiger partial charge in [0.25, 0.3) is 0 Å². The Bertz CT molecular complexity index is 532. The van der Waals surface area contributed by atoms with Crippen molar-refractivity contribution >= 4 is 37.7 Å². The smallest absolute Gasteiger partial charge is 0.245 e. The van der Waals surface area contributed by atoms with Crippen LogP contribution in [0.1, 0.15) is 32.4 Å². The second-order valence-electron chi connectivity index (χ2n) is 4.83. The predicted molar refractivity (Wildman–Crippen MR) is 91.2 cm³/mol. The van der Waals surface area contributed by atoms with E-state index in [9.17, 15) is 8.42 Å². The third kappa shape index (κ3) is 6.32. The number of hydrogen-bond acceptors (Lipinski definition) is 5. The third-order valence-corrected chi connectivity index (χ3v) is 5.92. The highest BCUT2D eigenvalue weighted by Crippen LogP contribution is 2.26. The first-order chi connectivity index (χ1) is 9.90. The fourth-order valence-electron chi connectivity index (χ4n) is 1.74. The summed E-state index contributed by atoms with van der Waals surface area (Å²) in [6, 6.07) is 1.46. The van der Waals surface area contributed by atoms with E-state index < -0.39 is 10.0 Å². The highest BCUT2D eigenvalue weighted by Gasteiger charge is 2.24. The Morgan fingerprint density at radius 2 is 2.19 bits per heavy atom. The molecular weight excluding hydrogens is 376 g/mol. The van der Waals surface area contributed by atoms with E-state index in [1.165, 1.54) is 0 Å². The summed E-state index contributed by atoms with van der Waals surface area (Å²) in [6.07, 6.45) is 3.81. The van der Waals surface area contributed by atoms with E-state index in [0.29, 0.717) is 12.3 Å². The van der Waals surface area contributed by atoms with E-state index >= 15 is 0 Å². The minimum atomic E-state index is -3.56. The topological polar surface area (TPSA) is 71.3 Å². The SMILES string of the molecule is CCCNCc1cc(S(=O)(=O)NC(C)CCSC)c(Br)o1. The average Bonchev–Trinajstić information content (AvgIpc) is 2.78. The Morgan fingerprint density at radius 1 is 1.48 bits per heavy atom. The predicted octanol–water partition coefficient (Wildman–Crippen LogP) is 2.96. The maximum absolute atomic E-state index is 12.3. The molecule has 0 aliphatic carbocycles. The van der Waals surface area contributed by atoms with Gasteiger partial charge in [0.15, 0.2) is 4.67 Å². The monoisotopic (exact) mass is 398 g/mol. The molecule has 0 saturated heterocycles. The van der Waals surface area contributed by atoms with Gasteiger partial charge in [-0.1, -0.05) is 6.92 Å².